The van der Waals surface area contributed by atoms with E-state index in [0.29, 0.717) is 23.9 Å². The number of hydrogen-bond acceptors (Lipinski definition) is 2. The second-order valence-electron chi connectivity index (χ2n) is 6.45. The minimum absolute atomic E-state index is 0.151. The van der Waals surface area contributed by atoms with Gasteiger partial charge in [-0.2, -0.15) is 0 Å². The molecule has 1 unspecified atom stereocenters. The second-order valence-corrected chi connectivity index (χ2v) is 6.45. The molecule has 3 heteroatoms. The summed E-state index contributed by atoms with van der Waals surface area (Å²) in [5.41, 5.74) is 0.301. The average Bonchev–Trinajstić information content (AvgIpc) is 2.68. The Morgan fingerprint density at radius 1 is 1.29 bits per heavy atom. The van der Waals surface area contributed by atoms with Crippen LogP contribution in [0.2, 0.25) is 0 Å². The fourth-order valence-corrected chi connectivity index (χ4v) is 2.06. The van der Waals surface area contributed by atoms with Gasteiger partial charge in [-0.3, -0.25) is 4.79 Å². The lowest BCUT2D eigenvalue weighted by Gasteiger charge is -2.27. The Morgan fingerprint density at radius 2 is 1.88 bits per heavy atom. The van der Waals surface area contributed by atoms with Crippen LogP contribution in [0.5, 0.6) is 0 Å². The molecule has 1 fully saturated rings. The number of amides is 1. The van der Waals surface area contributed by atoms with Gasteiger partial charge in [0.1, 0.15) is 0 Å². The van der Waals surface area contributed by atoms with Gasteiger partial charge >= 0.3 is 0 Å². The molecule has 3 nitrogen and oxygen atoms in total. The average molecular weight is 240 g/mol. The molecule has 1 aliphatic rings. The Labute approximate surface area is 106 Å². The summed E-state index contributed by atoms with van der Waals surface area (Å²) in [6, 6.07) is 0.435. The molecule has 0 spiro atoms. The molecule has 1 amide bonds. The SMILES string of the molecule is CC(CNCC(=O)NC1CCCC1)C(C)(C)C. The Kier molecular flexibility index (Phi) is 5.44. The van der Waals surface area contributed by atoms with Crippen LogP contribution in [0.25, 0.3) is 0 Å². The van der Waals surface area contributed by atoms with Crippen molar-refractivity contribution in [3.8, 4) is 0 Å². The van der Waals surface area contributed by atoms with Crippen molar-refractivity contribution in [1.82, 2.24) is 10.6 Å². The Morgan fingerprint density at radius 3 is 2.41 bits per heavy atom. The van der Waals surface area contributed by atoms with E-state index in [2.05, 4.69) is 38.3 Å². The van der Waals surface area contributed by atoms with Gasteiger partial charge in [-0.15, -0.1) is 0 Å². The molecule has 0 aromatic carbocycles. The van der Waals surface area contributed by atoms with E-state index < -0.39 is 0 Å². The lowest BCUT2D eigenvalue weighted by Crippen LogP contribution is -2.41. The molecule has 0 radical (unpaired) electrons. The number of carbonyl (C=O) groups is 1. The Bertz CT molecular complexity index is 239. The maximum Gasteiger partial charge on any atom is 0.234 e. The molecule has 17 heavy (non-hydrogen) atoms. The van der Waals surface area contributed by atoms with Crippen molar-refractivity contribution in [2.75, 3.05) is 13.1 Å². The summed E-state index contributed by atoms with van der Waals surface area (Å²) >= 11 is 0. The first-order valence-electron chi connectivity index (χ1n) is 6.89. The lowest BCUT2D eigenvalue weighted by molar-refractivity contribution is -0.120. The summed E-state index contributed by atoms with van der Waals surface area (Å²) in [4.78, 5) is 11.7. The van der Waals surface area contributed by atoms with Crippen LogP contribution in [-0.4, -0.2) is 25.0 Å². The number of rotatable bonds is 5. The van der Waals surface area contributed by atoms with Crippen LogP contribution in [0.1, 0.15) is 53.4 Å². The minimum atomic E-state index is 0.151. The Balaban J connectivity index is 2.11. The second kappa shape index (κ2) is 6.39. The third-order valence-corrected chi connectivity index (χ3v) is 3.93. The van der Waals surface area contributed by atoms with E-state index >= 15 is 0 Å². The van der Waals surface area contributed by atoms with Crippen LogP contribution >= 0.6 is 0 Å². The van der Waals surface area contributed by atoms with Crippen molar-refractivity contribution < 1.29 is 4.79 Å². The van der Waals surface area contributed by atoms with E-state index in [-0.39, 0.29) is 5.91 Å². The zero-order valence-corrected chi connectivity index (χ0v) is 11.8. The van der Waals surface area contributed by atoms with Gasteiger partial charge in [0, 0.05) is 6.04 Å². The summed E-state index contributed by atoms with van der Waals surface area (Å²) in [6.07, 6.45) is 4.84. The van der Waals surface area contributed by atoms with Gasteiger partial charge in [-0.05, 0) is 30.7 Å². The van der Waals surface area contributed by atoms with Crippen molar-refractivity contribution in [2.24, 2.45) is 11.3 Å². The predicted octanol–water partition coefficient (Wildman–Crippen LogP) is 2.32. The van der Waals surface area contributed by atoms with Crippen LogP contribution in [0.15, 0.2) is 0 Å². The van der Waals surface area contributed by atoms with Crippen LogP contribution in [-0.2, 0) is 4.79 Å². The summed E-state index contributed by atoms with van der Waals surface area (Å²) in [5.74, 6) is 0.722. The lowest BCUT2D eigenvalue weighted by atomic mass is 9.82. The fourth-order valence-electron chi connectivity index (χ4n) is 2.06. The summed E-state index contributed by atoms with van der Waals surface area (Å²) in [6.45, 7) is 10.3. The summed E-state index contributed by atoms with van der Waals surface area (Å²) < 4.78 is 0. The minimum Gasteiger partial charge on any atom is -0.352 e. The van der Waals surface area contributed by atoms with Gasteiger partial charge in [-0.25, -0.2) is 0 Å². The highest BCUT2D eigenvalue weighted by atomic mass is 16.1. The molecular formula is C14H28N2O. The third kappa shape index (κ3) is 5.53. The molecule has 2 N–H and O–H groups in total. The van der Waals surface area contributed by atoms with Gasteiger partial charge < -0.3 is 10.6 Å². The zero-order valence-electron chi connectivity index (χ0n) is 11.8. The van der Waals surface area contributed by atoms with Crippen molar-refractivity contribution in [1.29, 1.82) is 0 Å². The van der Waals surface area contributed by atoms with Crippen molar-refractivity contribution in [3.05, 3.63) is 0 Å². The number of nitrogens with one attached hydrogen (secondary N) is 2. The van der Waals surface area contributed by atoms with Gasteiger partial charge in [0.15, 0.2) is 0 Å². The van der Waals surface area contributed by atoms with Gasteiger partial charge in [-0.1, -0.05) is 40.5 Å². The quantitative estimate of drug-likeness (QED) is 0.774. The molecule has 1 rings (SSSR count). The summed E-state index contributed by atoms with van der Waals surface area (Å²) in [7, 11) is 0. The first-order valence-corrected chi connectivity index (χ1v) is 6.89. The van der Waals surface area contributed by atoms with Crippen LogP contribution in [0.4, 0.5) is 0 Å². The van der Waals surface area contributed by atoms with Gasteiger partial charge in [0.2, 0.25) is 5.91 Å². The van der Waals surface area contributed by atoms with E-state index in [1.54, 1.807) is 0 Å². The summed E-state index contributed by atoms with van der Waals surface area (Å²) in [5, 5.41) is 6.34. The van der Waals surface area contributed by atoms with E-state index in [1.807, 2.05) is 0 Å². The maximum atomic E-state index is 11.7. The third-order valence-electron chi connectivity index (χ3n) is 3.93. The monoisotopic (exact) mass is 240 g/mol. The van der Waals surface area contributed by atoms with Crippen molar-refractivity contribution in [3.63, 3.8) is 0 Å². The number of hydrogen-bond donors (Lipinski definition) is 2. The maximum absolute atomic E-state index is 11.7. The highest BCUT2D eigenvalue weighted by molar-refractivity contribution is 5.78. The van der Waals surface area contributed by atoms with Gasteiger partial charge in [0.25, 0.3) is 0 Å². The molecule has 0 heterocycles. The number of carbonyl (C=O) groups excluding carboxylic acids is 1. The van der Waals surface area contributed by atoms with E-state index in [1.165, 1.54) is 12.8 Å². The molecule has 1 saturated carbocycles. The van der Waals surface area contributed by atoms with Crippen LogP contribution in [0.3, 0.4) is 0 Å². The van der Waals surface area contributed by atoms with E-state index in [4.69, 9.17) is 0 Å². The van der Waals surface area contributed by atoms with Crippen molar-refractivity contribution >= 4 is 5.91 Å². The molecule has 0 aliphatic heterocycles. The standard InChI is InChI=1S/C14H28N2O/c1-11(14(2,3)4)9-15-10-13(17)16-12-7-5-6-8-12/h11-12,15H,5-10H2,1-4H3,(H,16,17). The smallest absolute Gasteiger partial charge is 0.234 e. The molecular weight excluding hydrogens is 212 g/mol. The molecule has 0 aromatic heterocycles. The molecule has 0 saturated heterocycles. The highest BCUT2D eigenvalue weighted by Crippen LogP contribution is 2.24. The first kappa shape index (κ1) is 14.5. The van der Waals surface area contributed by atoms with Crippen LogP contribution < -0.4 is 10.6 Å². The zero-order chi connectivity index (χ0) is 12.9. The molecule has 100 valence electrons. The Hall–Kier alpha value is -0.570. The largest absolute Gasteiger partial charge is 0.352 e. The molecule has 1 aliphatic carbocycles. The molecule has 0 bridgehead atoms. The topological polar surface area (TPSA) is 41.1 Å². The molecule has 1 atom stereocenters. The fraction of sp³-hybridized carbons (Fsp3) is 0.929. The van der Waals surface area contributed by atoms with Crippen LogP contribution in [0, 0.1) is 11.3 Å². The predicted molar refractivity (Wildman–Crippen MR) is 71.9 cm³/mol. The van der Waals surface area contributed by atoms with Crippen molar-refractivity contribution in [2.45, 2.75) is 59.4 Å². The van der Waals surface area contributed by atoms with E-state index in [9.17, 15) is 4.79 Å². The first-order chi connectivity index (χ1) is 7.89. The van der Waals surface area contributed by atoms with Gasteiger partial charge in [0.05, 0.1) is 6.54 Å². The highest BCUT2D eigenvalue weighted by Gasteiger charge is 2.20. The van der Waals surface area contributed by atoms with E-state index in [0.717, 1.165) is 19.4 Å². The normalized spacial score (nSPS) is 19.3. The molecule has 0 aromatic rings.